The second-order valence-electron chi connectivity index (χ2n) is 8.56. The van der Waals surface area contributed by atoms with Gasteiger partial charge in [-0.2, -0.15) is 5.10 Å². The molecule has 0 bridgehead atoms. The highest BCUT2D eigenvalue weighted by Gasteiger charge is 2.29. The van der Waals surface area contributed by atoms with Gasteiger partial charge < -0.3 is 24.4 Å². The molecule has 2 amide bonds. The van der Waals surface area contributed by atoms with Crippen LogP contribution in [-0.2, 0) is 17.8 Å². The molecular formula is C24H27N5O5S. The molecule has 5 rings (SSSR count). The van der Waals surface area contributed by atoms with Gasteiger partial charge in [0, 0.05) is 29.3 Å². The van der Waals surface area contributed by atoms with Gasteiger partial charge in [0.25, 0.3) is 5.91 Å². The van der Waals surface area contributed by atoms with E-state index in [1.54, 1.807) is 44.4 Å². The highest BCUT2D eigenvalue weighted by atomic mass is 32.1. The molecule has 0 atom stereocenters. The topological polar surface area (TPSA) is 119 Å². The zero-order chi connectivity index (χ0) is 24.5. The average molecular weight is 498 g/mol. The molecule has 0 unspecified atom stereocenters. The molecule has 1 aliphatic carbocycles. The van der Waals surface area contributed by atoms with Crippen LogP contribution < -0.4 is 19.5 Å². The third kappa shape index (κ3) is 4.43. The number of anilines is 1. The number of amides is 2. The zero-order valence-electron chi connectivity index (χ0n) is 19.8. The summed E-state index contributed by atoms with van der Waals surface area (Å²) in [5.41, 5.74) is 2.65. The number of hydrogen-bond donors (Lipinski definition) is 2. The standard InChI is InChI=1S/C24H27N5O5S/c1-32-18-9-14(10-19(33-2)21(18)34-3)16-11-17(28-27-16)23(31)29-8-7-15-20(12-29)35-24(25-15)26-22(30)13-5-4-6-13/h9-11,13H,4-8,12H2,1-3H3,(H,27,28)(H,25,26,30). The summed E-state index contributed by atoms with van der Waals surface area (Å²) in [7, 11) is 4.65. The number of H-pyrrole nitrogens is 1. The van der Waals surface area contributed by atoms with Crippen molar-refractivity contribution < 1.29 is 23.8 Å². The van der Waals surface area contributed by atoms with Crippen LogP contribution in [0.5, 0.6) is 17.2 Å². The maximum Gasteiger partial charge on any atom is 0.272 e. The van der Waals surface area contributed by atoms with Crippen molar-refractivity contribution in [3.63, 3.8) is 0 Å². The van der Waals surface area contributed by atoms with Crippen LogP contribution in [0.15, 0.2) is 18.2 Å². The number of ether oxygens (including phenoxy) is 3. The predicted molar refractivity (Wildman–Crippen MR) is 130 cm³/mol. The van der Waals surface area contributed by atoms with E-state index < -0.39 is 0 Å². The Bertz CT molecular complexity index is 1240. The maximum atomic E-state index is 13.2. The Balaban J connectivity index is 1.30. The molecule has 2 aliphatic rings. The normalized spacial score (nSPS) is 15.2. The van der Waals surface area contributed by atoms with Gasteiger partial charge in [0.05, 0.1) is 39.3 Å². The van der Waals surface area contributed by atoms with E-state index in [1.807, 2.05) is 0 Å². The van der Waals surface area contributed by atoms with E-state index in [0.717, 1.165) is 35.4 Å². The number of nitrogens with zero attached hydrogens (tertiary/aromatic N) is 3. The van der Waals surface area contributed by atoms with Crippen molar-refractivity contribution >= 4 is 28.3 Å². The molecule has 1 saturated carbocycles. The number of hydrogen-bond acceptors (Lipinski definition) is 8. The van der Waals surface area contributed by atoms with Crippen molar-refractivity contribution in [3.8, 4) is 28.5 Å². The summed E-state index contributed by atoms with van der Waals surface area (Å²) in [5.74, 6) is 1.51. The number of thiazole rings is 1. The third-order valence-corrected chi connectivity index (χ3v) is 7.49. The number of nitrogens with one attached hydrogen (secondary N) is 2. The van der Waals surface area contributed by atoms with E-state index in [9.17, 15) is 9.59 Å². The predicted octanol–water partition coefficient (Wildman–Crippen LogP) is 3.50. The van der Waals surface area contributed by atoms with Crippen LogP contribution in [0.3, 0.4) is 0 Å². The van der Waals surface area contributed by atoms with Gasteiger partial charge in [-0.05, 0) is 31.0 Å². The average Bonchev–Trinajstić information content (AvgIpc) is 3.47. The summed E-state index contributed by atoms with van der Waals surface area (Å²) in [6, 6.07) is 5.29. The van der Waals surface area contributed by atoms with Crippen molar-refractivity contribution in [3.05, 3.63) is 34.5 Å². The van der Waals surface area contributed by atoms with Crippen LogP contribution in [0.1, 0.15) is 40.3 Å². The summed E-state index contributed by atoms with van der Waals surface area (Å²) in [4.78, 5) is 32.8. The first kappa shape index (κ1) is 23.2. The Hall–Kier alpha value is -3.60. The van der Waals surface area contributed by atoms with Crippen molar-refractivity contribution in [1.29, 1.82) is 0 Å². The molecule has 0 saturated heterocycles. The summed E-state index contributed by atoms with van der Waals surface area (Å²) in [6.07, 6.45) is 3.64. The molecule has 10 nitrogen and oxygen atoms in total. The van der Waals surface area contributed by atoms with E-state index >= 15 is 0 Å². The summed E-state index contributed by atoms with van der Waals surface area (Å²) >= 11 is 1.44. The van der Waals surface area contributed by atoms with Gasteiger partial charge in [-0.25, -0.2) is 4.98 Å². The molecule has 0 radical (unpaired) electrons. The van der Waals surface area contributed by atoms with Crippen LogP contribution in [0.25, 0.3) is 11.3 Å². The number of fused-ring (bicyclic) bond motifs is 1. The molecule has 3 aromatic rings. The summed E-state index contributed by atoms with van der Waals surface area (Å²) in [5, 5.41) is 10.8. The minimum Gasteiger partial charge on any atom is -0.493 e. The van der Waals surface area contributed by atoms with E-state index in [0.29, 0.717) is 53.3 Å². The van der Waals surface area contributed by atoms with Crippen LogP contribution in [0.4, 0.5) is 5.13 Å². The lowest BCUT2D eigenvalue weighted by Crippen LogP contribution is -2.35. The molecule has 184 valence electrons. The monoisotopic (exact) mass is 497 g/mol. The van der Waals surface area contributed by atoms with Crippen molar-refractivity contribution in [2.45, 2.75) is 32.2 Å². The molecule has 2 N–H and O–H groups in total. The fourth-order valence-electron chi connectivity index (χ4n) is 4.28. The number of rotatable bonds is 7. The number of methoxy groups -OCH3 is 3. The van der Waals surface area contributed by atoms with E-state index in [2.05, 4.69) is 20.5 Å². The third-order valence-electron chi connectivity index (χ3n) is 6.49. The second kappa shape index (κ2) is 9.57. The molecule has 35 heavy (non-hydrogen) atoms. The maximum absolute atomic E-state index is 13.2. The highest BCUT2D eigenvalue weighted by Crippen LogP contribution is 2.41. The summed E-state index contributed by atoms with van der Waals surface area (Å²) < 4.78 is 16.2. The molecular weight excluding hydrogens is 470 g/mol. The Labute approximate surface area is 206 Å². The smallest absolute Gasteiger partial charge is 0.272 e. The van der Waals surface area contributed by atoms with Crippen LogP contribution >= 0.6 is 11.3 Å². The van der Waals surface area contributed by atoms with Crippen LogP contribution in [0.2, 0.25) is 0 Å². The number of carbonyl (C=O) groups is 2. The van der Waals surface area contributed by atoms with E-state index in [4.69, 9.17) is 14.2 Å². The van der Waals surface area contributed by atoms with Gasteiger partial charge in [-0.15, -0.1) is 0 Å². The molecule has 1 fully saturated rings. The molecule has 0 spiro atoms. The van der Waals surface area contributed by atoms with Gasteiger partial charge in [-0.3, -0.25) is 14.7 Å². The molecule has 1 aliphatic heterocycles. The SMILES string of the molecule is COc1cc(-c2cc(C(=O)N3CCc4nc(NC(=O)C5CCC5)sc4C3)[nH]n2)cc(OC)c1OC. The van der Waals surface area contributed by atoms with Crippen LogP contribution in [0, 0.1) is 5.92 Å². The Morgan fingerprint density at radius 1 is 1.11 bits per heavy atom. The second-order valence-corrected chi connectivity index (χ2v) is 9.65. The van der Waals surface area contributed by atoms with Gasteiger partial charge >= 0.3 is 0 Å². The minimum absolute atomic E-state index is 0.0482. The fraction of sp³-hybridized carbons (Fsp3) is 0.417. The Morgan fingerprint density at radius 3 is 2.49 bits per heavy atom. The molecule has 1 aromatic carbocycles. The number of aromatic amines is 1. The molecule has 2 aromatic heterocycles. The lowest BCUT2D eigenvalue weighted by molar-refractivity contribution is -0.122. The highest BCUT2D eigenvalue weighted by molar-refractivity contribution is 7.15. The lowest BCUT2D eigenvalue weighted by atomic mass is 9.85. The van der Waals surface area contributed by atoms with Crippen molar-refractivity contribution in [1.82, 2.24) is 20.1 Å². The van der Waals surface area contributed by atoms with Gasteiger partial charge in [0.2, 0.25) is 11.7 Å². The Morgan fingerprint density at radius 2 is 1.86 bits per heavy atom. The van der Waals surface area contributed by atoms with Gasteiger partial charge in [0.1, 0.15) is 5.69 Å². The lowest BCUT2D eigenvalue weighted by Gasteiger charge is -2.25. The number of carbonyl (C=O) groups excluding carboxylic acids is 2. The molecule has 3 heterocycles. The first-order chi connectivity index (χ1) is 17.0. The fourth-order valence-corrected chi connectivity index (χ4v) is 5.31. The Kier molecular flexibility index (Phi) is 6.33. The van der Waals surface area contributed by atoms with Crippen LogP contribution in [-0.4, -0.2) is 59.8 Å². The number of benzene rings is 1. The van der Waals surface area contributed by atoms with Gasteiger partial charge in [-0.1, -0.05) is 17.8 Å². The quantitative estimate of drug-likeness (QED) is 0.513. The molecule has 11 heteroatoms. The van der Waals surface area contributed by atoms with E-state index in [-0.39, 0.29) is 17.7 Å². The minimum atomic E-state index is -0.143. The van der Waals surface area contributed by atoms with Crippen molar-refractivity contribution in [2.75, 3.05) is 33.2 Å². The first-order valence-corrected chi connectivity index (χ1v) is 12.3. The van der Waals surface area contributed by atoms with Crippen molar-refractivity contribution in [2.24, 2.45) is 5.92 Å². The van der Waals surface area contributed by atoms with Gasteiger partial charge in [0.15, 0.2) is 16.6 Å². The summed E-state index contributed by atoms with van der Waals surface area (Å²) in [6.45, 7) is 0.994. The largest absolute Gasteiger partial charge is 0.493 e. The zero-order valence-corrected chi connectivity index (χ0v) is 20.7. The first-order valence-electron chi connectivity index (χ1n) is 11.4. The van der Waals surface area contributed by atoms with E-state index in [1.165, 1.54) is 11.3 Å². The number of aromatic nitrogens is 3.